The number of ether oxygens (including phenoxy) is 1. The first-order valence-corrected chi connectivity index (χ1v) is 10.3. The molecule has 0 aliphatic carbocycles. The van der Waals surface area contributed by atoms with Crippen LogP contribution < -0.4 is 4.90 Å². The quantitative estimate of drug-likeness (QED) is 0.775. The summed E-state index contributed by atoms with van der Waals surface area (Å²) in [5, 5.41) is 0. The van der Waals surface area contributed by atoms with Crippen molar-refractivity contribution < 1.29 is 26.7 Å². The van der Waals surface area contributed by atoms with Crippen molar-refractivity contribution in [3.05, 3.63) is 35.4 Å². The molecule has 2 heterocycles. The SMILES string of the molecule is CS(=O)OCC1CN(c2cc(F)c(C3=CCSCC3)c(F)c2)C(=O)O1. The van der Waals surface area contributed by atoms with E-state index in [4.69, 9.17) is 8.92 Å². The van der Waals surface area contributed by atoms with E-state index in [1.165, 1.54) is 6.26 Å². The van der Waals surface area contributed by atoms with Crippen molar-refractivity contribution in [1.29, 1.82) is 0 Å². The molecular weight excluding hydrogens is 372 g/mol. The van der Waals surface area contributed by atoms with Gasteiger partial charge in [0, 0.05) is 17.6 Å². The molecule has 136 valence electrons. The molecule has 5 nitrogen and oxygen atoms in total. The maximum atomic E-state index is 14.5. The van der Waals surface area contributed by atoms with E-state index in [1.807, 2.05) is 6.08 Å². The molecule has 2 unspecified atom stereocenters. The number of hydrogen-bond acceptors (Lipinski definition) is 5. The molecule has 9 heteroatoms. The summed E-state index contributed by atoms with van der Waals surface area (Å²) in [7, 11) is 0. The van der Waals surface area contributed by atoms with Gasteiger partial charge in [-0.15, -0.1) is 0 Å². The lowest BCUT2D eigenvalue weighted by atomic mass is 10.0. The molecule has 2 aliphatic heterocycles. The van der Waals surface area contributed by atoms with Crippen molar-refractivity contribution in [1.82, 2.24) is 0 Å². The van der Waals surface area contributed by atoms with E-state index in [2.05, 4.69) is 0 Å². The third-order valence-corrected chi connectivity index (χ3v) is 5.28. The summed E-state index contributed by atoms with van der Waals surface area (Å²) in [4.78, 5) is 13.1. The van der Waals surface area contributed by atoms with Gasteiger partial charge < -0.3 is 4.74 Å². The van der Waals surface area contributed by atoms with E-state index in [-0.39, 0.29) is 24.4 Å². The predicted octanol–water partition coefficient (Wildman–Crippen LogP) is 3.12. The summed E-state index contributed by atoms with van der Waals surface area (Å²) in [6, 6.07) is 2.28. The number of anilines is 1. The third-order valence-electron chi connectivity index (χ3n) is 3.92. The summed E-state index contributed by atoms with van der Waals surface area (Å²) in [5.41, 5.74) is 0.716. The zero-order valence-corrected chi connectivity index (χ0v) is 15.1. The van der Waals surface area contributed by atoms with Gasteiger partial charge in [0.1, 0.15) is 24.3 Å². The number of carbonyl (C=O) groups excluding carboxylic acids is 1. The first kappa shape index (κ1) is 18.3. The number of benzene rings is 1. The number of thioether (sulfide) groups is 1. The Morgan fingerprint density at radius 2 is 2.12 bits per heavy atom. The number of carbonyl (C=O) groups is 1. The van der Waals surface area contributed by atoms with Crippen LogP contribution in [0.1, 0.15) is 12.0 Å². The van der Waals surface area contributed by atoms with Crippen LogP contribution in [0.2, 0.25) is 0 Å². The second kappa shape index (κ2) is 7.84. The summed E-state index contributed by atoms with van der Waals surface area (Å²) in [6.45, 7) is 0.0343. The summed E-state index contributed by atoms with van der Waals surface area (Å²) in [5.74, 6) is 0.158. The molecule has 25 heavy (non-hydrogen) atoms. The normalized spacial score (nSPS) is 21.9. The van der Waals surface area contributed by atoms with Crippen LogP contribution >= 0.6 is 11.8 Å². The van der Waals surface area contributed by atoms with E-state index >= 15 is 0 Å². The van der Waals surface area contributed by atoms with E-state index in [0.717, 1.165) is 28.5 Å². The zero-order valence-electron chi connectivity index (χ0n) is 13.5. The highest BCUT2D eigenvalue weighted by Gasteiger charge is 2.34. The summed E-state index contributed by atoms with van der Waals surface area (Å²) >= 11 is 0.232. The van der Waals surface area contributed by atoms with Gasteiger partial charge in [-0.3, -0.25) is 9.08 Å². The molecule has 2 atom stereocenters. The van der Waals surface area contributed by atoms with Gasteiger partial charge in [0.05, 0.1) is 12.2 Å². The highest BCUT2D eigenvalue weighted by atomic mass is 32.2. The summed E-state index contributed by atoms with van der Waals surface area (Å²) < 4.78 is 49.9. The number of hydrogen-bond donors (Lipinski definition) is 0. The van der Waals surface area contributed by atoms with Crippen molar-refractivity contribution in [3.63, 3.8) is 0 Å². The molecule has 0 aromatic heterocycles. The molecule has 0 bridgehead atoms. The Balaban J connectivity index is 1.80. The molecule has 1 aromatic carbocycles. The maximum Gasteiger partial charge on any atom is 0.414 e. The van der Waals surface area contributed by atoms with Gasteiger partial charge in [-0.2, -0.15) is 11.8 Å². The first-order chi connectivity index (χ1) is 12.0. The molecule has 1 fully saturated rings. The second-order valence-electron chi connectivity index (χ2n) is 5.64. The lowest BCUT2D eigenvalue weighted by Gasteiger charge is -2.18. The minimum atomic E-state index is -1.48. The third kappa shape index (κ3) is 4.21. The molecule has 0 spiro atoms. The van der Waals surface area contributed by atoms with Gasteiger partial charge in [0.15, 0.2) is 11.1 Å². The number of allylic oxidation sites excluding steroid dienone is 1. The van der Waals surface area contributed by atoms with Crippen molar-refractivity contribution in [3.8, 4) is 0 Å². The molecule has 1 aromatic rings. The van der Waals surface area contributed by atoms with E-state index in [0.29, 0.717) is 12.0 Å². The average Bonchev–Trinajstić information content (AvgIpc) is 2.94. The van der Waals surface area contributed by atoms with Gasteiger partial charge >= 0.3 is 6.09 Å². The second-order valence-corrected chi connectivity index (χ2v) is 7.83. The van der Waals surface area contributed by atoms with Crippen LogP contribution in [0.3, 0.4) is 0 Å². The molecule has 1 amide bonds. The fraction of sp³-hybridized carbons (Fsp3) is 0.438. The lowest BCUT2D eigenvalue weighted by molar-refractivity contribution is 0.110. The smallest absolute Gasteiger partial charge is 0.414 e. The van der Waals surface area contributed by atoms with Crippen molar-refractivity contribution in [2.75, 3.05) is 35.8 Å². The Morgan fingerprint density at radius 3 is 2.72 bits per heavy atom. The van der Waals surface area contributed by atoms with Crippen LogP contribution in [0.25, 0.3) is 5.57 Å². The molecule has 0 radical (unpaired) electrons. The Bertz CT molecular complexity index is 718. The van der Waals surface area contributed by atoms with Crippen LogP contribution in [0.5, 0.6) is 0 Å². The van der Waals surface area contributed by atoms with Crippen LogP contribution in [0.15, 0.2) is 18.2 Å². The van der Waals surface area contributed by atoms with Crippen LogP contribution in [-0.4, -0.2) is 47.3 Å². The van der Waals surface area contributed by atoms with Gasteiger partial charge in [-0.25, -0.2) is 17.8 Å². The molecule has 0 N–H and O–H groups in total. The minimum Gasteiger partial charge on any atom is -0.441 e. The lowest BCUT2D eigenvalue weighted by Crippen LogP contribution is -2.26. The number of halogens is 2. The number of amides is 1. The van der Waals surface area contributed by atoms with Crippen LogP contribution in [0.4, 0.5) is 19.3 Å². The average molecular weight is 389 g/mol. The van der Waals surface area contributed by atoms with Gasteiger partial charge in [-0.05, 0) is 29.9 Å². The van der Waals surface area contributed by atoms with Gasteiger partial charge in [-0.1, -0.05) is 6.08 Å². The first-order valence-electron chi connectivity index (χ1n) is 7.66. The fourth-order valence-corrected chi connectivity index (χ4v) is 3.96. The van der Waals surface area contributed by atoms with Gasteiger partial charge in [0.25, 0.3) is 0 Å². The standard InChI is InChI=1S/C16H17F2NO4S2/c1-25(21)22-9-12-8-19(16(20)23-12)11-6-13(17)15(14(18)7-11)10-2-4-24-5-3-10/h2,6-7,12H,3-5,8-9H2,1H3. The van der Waals surface area contributed by atoms with Crippen LogP contribution in [-0.2, 0) is 20.0 Å². The molecular formula is C16H17F2NO4S2. The minimum absolute atomic E-state index is 0.0297. The molecule has 3 rings (SSSR count). The topological polar surface area (TPSA) is 55.8 Å². The Morgan fingerprint density at radius 1 is 1.40 bits per heavy atom. The van der Waals surface area contributed by atoms with Crippen LogP contribution in [0, 0.1) is 11.6 Å². The van der Waals surface area contributed by atoms with Crippen molar-refractivity contribution >= 4 is 40.2 Å². The number of rotatable bonds is 5. The van der Waals surface area contributed by atoms with E-state index < -0.39 is 34.9 Å². The molecule has 2 aliphatic rings. The zero-order chi connectivity index (χ0) is 18.0. The highest BCUT2D eigenvalue weighted by molar-refractivity contribution is 7.99. The Labute approximate surface area is 151 Å². The van der Waals surface area contributed by atoms with Gasteiger partial charge in [0.2, 0.25) is 0 Å². The largest absolute Gasteiger partial charge is 0.441 e. The molecule has 1 saturated heterocycles. The summed E-state index contributed by atoms with van der Waals surface area (Å²) in [6.07, 6.45) is 2.45. The molecule has 0 saturated carbocycles. The number of nitrogens with zero attached hydrogens (tertiary/aromatic N) is 1. The monoisotopic (exact) mass is 389 g/mol. The fourth-order valence-electron chi connectivity index (χ4n) is 2.77. The van der Waals surface area contributed by atoms with Crippen molar-refractivity contribution in [2.24, 2.45) is 0 Å². The Hall–Kier alpha value is -1.45. The predicted molar refractivity (Wildman–Crippen MR) is 93.9 cm³/mol. The number of cyclic esters (lactones) is 1. The van der Waals surface area contributed by atoms with E-state index in [1.54, 1.807) is 11.8 Å². The van der Waals surface area contributed by atoms with E-state index in [9.17, 15) is 17.8 Å². The Kier molecular flexibility index (Phi) is 5.75. The van der Waals surface area contributed by atoms with Crippen molar-refractivity contribution in [2.45, 2.75) is 12.5 Å². The maximum absolute atomic E-state index is 14.5. The highest BCUT2D eigenvalue weighted by Crippen LogP contribution is 2.33.